The molecule has 136 valence electrons. The third kappa shape index (κ3) is 3.19. The summed E-state index contributed by atoms with van der Waals surface area (Å²) >= 11 is 1.83. The highest BCUT2D eigenvalue weighted by Gasteiger charge is 2.35. The van der Waals surface area contributed by atoms with E-state index in [0.29, 0.717) is 11.9 Å². The van der Waals surface area contributed by atoms with Crippen molar-refractivity contribution in [1.82, 2.24) is 19.9 Å². The van der Waals surface area contributed by atoms with E-state index in [9.17, 15) is 0 Å². The smallest absolute Gasteiger partial charge is 0.316 e. The Morgan fingerprint density at radius 3 is 2.50 bits per heavy atom. The highest BCUT2D eigenvalue weighted by atomic mass is 32.1. The van der Waals surface area contributed by atoms with Gasteiger partial charge >= 0.3 is 6.01 Å². The van der Waals surface area contributed by atoms with Gasteiger partial charge in [-0.3, -0.25) is 0 Å². The van der Waals surface area contributed by atoms with E-state index in [1.54, 1.807) is 19.5 Å². The second-order valence-electron chi connectivity index (χ2n) is 6.74. The Balaban J connectivity index is 1.53. The standard InChI is InChI=1S/C20H24N4OS/c1-4-24(5-2)16-8-14(9-16)19-23-17-7-6-13(10-18(17)26-19)15-11-21-20(25-3)22-12-15/h6-7,10-12,14,16H,4-5,8-9H2,1-3H3/t14-,16-. The first-order valence-corrected chi connectivity index (χ1v) is 10.0. The SMILES string of the molecule is CCN(CC)[C@H]1C[C@H](c2nc3ccc(-c4cnc(OC)nc4)cc3s2)C1. The molecular weight excluding hydrogens is 344 g/mol. The molecule has 0 unspecified atom stereocenters. The molecule has 4 rings (SSSR count). The monoisotopic (exact) mass is 368 g/mol. The summed E-state index contributed by atoms with van der Waals surface area (Å²) in [5.41, 5.74) is 3.20. The lowest BCUT2D eigenvalue weighted by molar-refractivity contribution is 0.120. The Morgan fingerprint density at radius 1 is 1.12 bits per heavy atom. The Morgan fingerprint density at radius 2 is 1.85 bits per heavy atom. The van der Waals surface area contributed by atoms with Crippen molar-refractivity contribution in [2.24, 2.45) is 0 Å². The second kappa shape index (κ2) is 7.29. The molecule has 0 atom stereocenters. The van der Waals surface area contributed by atoms with Crippen molar-refractivity contribution < 1.29 is 4.74 Å². The molecule has 5 nitrogen and oxygen atoms in total. The summed E-state index contributed by atoms with van der Waals surface area (Å²) in [6.45, 7) is 6.78. The van der Waals surface area contributed by atoms with Gasteiger partial charge in [0.1, 0.15) is 0 Å². The van der Waals surface area contributed by atoms with E-state index in [2.05, 4.69) is 46.9 Å². The van der Waals surface area contributed by atoms with Crippen LogP contribution < -0.4 is 4.74 Å². The first-order chi connectivity index (χ1) is 12.7. The number of rotatable bonds is 6. The average molecular weight is 369 g/mol. The summed E-state index contributed by atoms with van der Waals surface area (Å²) in [6, 6.07) is 7.52. The molecule has 1 aromatic carbocycles. The van der Waals surface area contributed by atoms with Crippen LogP contribution in [-0.2, 0) is 0 Å². The molecule has 0 amide bonds. The predicted octanol–water partition coefficient (Wildman–Crippen LogP) is 4.35. The number of aromatic nitrogens is 3. The van der Waals surface area contributed by atoms with Gasteiger partial charge in [-0.15, -0.1) is 11.3 Å². The van der Waals surface area contributed by atoms with Crippen molar-refractivity contribution in [3.63, 3.8) is 0 Å². The van der Waals surface area contributed by atoms with Gasteiger partial charge in [-0.2, -0.15) is 0 Å². The van der Waals surface area contributed by atoms with E-state index < -0.39 is 0 Å². The van der Waals surface area contributed by atoms with Crippen molar-refractivity contribution in [3.8, 4) is 17.1 Å². The Kier molecular flexibility index (Phi) is 4.87. The lowest BCUT2D eigenvalue weighted by Gasteiger charge is -2.41. The molecule has 2 aromatic heterocycles. The van der Waals surface area contributed by atoms with E-state index in [4.69, 9.17) is 9.72 Å². The molecule has 0 N–H and O–H groups in total. The van der Waals surface area contributed by atoms with Crippen LogP contribution in [0.1, 0.15) is 37.6 Å². The van der Waals surface area contributed by atoms with Crippen LogP contribution in [0.5, 0.6) is 6.01 Å². The highest BCUT2D eigenvalue weighted by molar-refractivity contribution is 7.18. The topological polar surface area (TPSA) is 51.1 Å². The predicted molar refractivity (Wildman–Crippen MR) is 106 cm³/mol. The number of hydrogen-bond acceptors (Lipinski definition) is 6. The van der Waals surface area contributed by atoms with Gasteiger partial charge in [-0.05, 0) is 43.6 Å². The molecule has 0 bridgehead atoms. The van der Waals surface area contributed by atoms with Crippen LogP contribution in [0.2, 0.25) is 0 Å². The molecule has 0 aliphatic heterocycles. The molecule has 6 heteroatoms. The molecule has 0 radical (unpaired) electrons. The molecule has 2 heterocycles. The molecule has 0 saturated heterocycles. The van der Waals surface area contributed by atoms with Crippen LogP contribution in [0.25, 0.3) is 21.3 Å². The molecule has 1 aliphatic rings. The molecule has 0 spiro atoms. The normalized spacial score (nSPS) is 19.7. The molecule has 1 fully saturated rings. The van der Waals surface area contributed by atoms with E-state index in [0.717, 1.165) is 35.8 Å². The highest BCUT2D eigenvalue weighted by Crippen LogP contribution is 2.42. The number of fused-ring (bicyclic) bond motifs is 1. The third-order valence-corrected chi connectivity index (χ3v) is 6.52. The van der Waals surface area contributed by atoms with Crippen LogP contribution >= 0.6 is 11.3 Å². The third-order valence-electron chi connectivity index (χ3n) is 5.34. The van der Waals surface area contributed by atoms with Gasteiger partial charge in [-0.25, -0.2) is 15.0 Å². The van der Waals surface area contributed by atoms with Crippen LogP contribution in [0, 0.1) is 0 Å². The lowest BCUT2D eigenvalue weighted by atomic mass is 9.79. The summed E-state index contributed by atoms with van der Waals surface area (Å²) in [7, 11) is 1.57. The van der Waals surface area contributed by atoms with E-state index in [1.807, 2.05) is 11.3 Å². The molecular formula is C20H24N4OS. The van der Waals surface area contributed by atoms with Crippen molar-refractivity contribution in [1.29, 1.82) is 0 Å². The zero-order chi connectivity index (χ0) is 18.1. The van der Waals surface area contributed by atoms with E-state index in [-0.39, 0.29) is 0 Å². The van der Waals surface area contributed by atoms with E-state index in [1.165, 1.54) is 22.5 Å². The van der Waals surface area contributed by atoms with Gasteiger partial charge in [0.2, 0.25) is 0 Å². The first kappa shape index (κ1) is 17.4. The average Bonchev–Trinajstić information content (AvgIpc) is 3.06. The number of ether oxygens (including phenoxy) is 1. The van der Waals surface area contributed by atoms with Crippen LogP contribution in [0.3, 0.4) is 0 Å². The minimum Gasteiger partial charge on any atom is -0.467 e. The fraction of sp³-hybridized carbons (Fsp3) is 0.450. The molecule has 1 saturated carbocycles. The molecule has 3 aromatic rings. The zero-order valence-electron chi connectivity index (χ0n) is 15.5. The summed E-state index contributed by atoms with van der Waals surface area (Å²) in [5.74, 6) is 0.616. The molecule has 1 aliphatic carbocycles. The first-order valence-electron chi connectivity index (χ1n) is 9.22. The Bertz CT molecular complexity index is 882. The quantitative estimate of drug-likeness (QED) is 0.647. The van der Waals surface area contributed by atoms with Crippen LogP contribution in [-0.4, -0.2) is 46.1 Å². The summed E-state index contributed by atoms with van der Waals surface area (Å²) in [4.78, 5) is 15.9. The van der Waals surface area contributed by atoms with Crippen molar-refractivity contribution in [3.05, 3.63) is 35.6 Å². The molecule has 26 heavy (non-hydrogen) atoms. The number of hydrogen-bond donors (Lipinski definition) is 0. The summed E-state index contributed by atoms with van der Waals surface area (Å²) < 4.78 is 6.27. The number of benzene rings is 1. The van der Waals surface area contributed by atoms with Crippen molar-refractivity contribution in [2.45, 2.75) is 38.6 Å². The van der Waals surface area contributed by atoms with Crippen molar-refractivity contribution in [2.75, 3.05) is 20.2 Å². The maximum Gasteiger partial charge on any atom is 0.316 e. The maximum atomic E-state index is 5.03. The Hall–Kier alpha value is -2.05. The zero-order valence-corrected chi connectivity index (χ0v) is 16.3. The second-order valence-corrected chi connectivity index (χ2v) is 7.80. The maximum absolute atomic E-state index is 5.03. The Labute approximate surface area is 158 Å². The number of thiazole rings is 1. The lowest BCUT2D eigenvalue weighted by Crippen LogP contribution is -2.43. The minimum atomic E-state index is 0.391. The van der Waals surface area contributed by atoms with Crippen molar-refractivity contribution >= 4 is 21.6 Å². The fourth-order valence-electron chi connectivity index (χ4n) is 3.69. The number of methoxy groups -OCH3 is 1. The van der Waals surface area contributed by atoms with Gasteiger partial charge in [0.25, 0.3) is 0 Å². The van der Waals surface area contributed by atoms with Gasteiger partial charge in [0, 0.05) is 29.9 Å². The van der Waals surface area contributed by atoms with Gasteiger partial charge < -0.3 is 9.64 Å². The minimum absolute atomic E-state index is 0.391. The van der Waals surface area contributed by atoms with E-state index >= 15 is 0 Å². The van der Waals surface area contributed by atoms with Gasteiger partial charge in [0.15, 0.2) is 0 Å². The largest absolute Gasteiger partial charge is 0.467 e. The van der Waals surface area contributed by atoms with Gasteiger partial charge in [-0.1, -0.05) is 19.9 Å². The van der Waals surface area contributed by atoms with Crippen LogP contribution in [0.15, 0.2) is 30.6 Å². The summed E-state index contributed by atoms with van der Waals surface area (Å²) in [6.07, 6.45) is 6.08. The van der Waals surface area contributed by atoms with Crippen LogP contribution in [0.4, 0.5) is 0 Å². The van der Waals surface area contributed by atoms with Gasteiger partial charge in [0.05, 0.1) is 22.3 Å². The summed E-state index contributed by atoms with van der Waals surface area (Å²) in [5, 5.41) is 1.28. The fourth-order valence-corrected chi connectivity index (χ4v) is 4.83. The number of nitrogens with zero attached hydrogens (tertiary/aromatic N) is 4.